The maximum atomic E-state index is 5.85. The zero-order chi connectivity index (χ0) is 10.8. The highest BCUT2D eigenvalue weighted by atomic mass is 79.9. The molecule has 0 amide bonds. The number of hydrogen-bond donors (Lipinski definition) is 1. The van der Waals surface area contributed by atoms with Crippen LogP contribution in [0.3, 0.4) is 0 Å². The van der Waals surface area contributed by atoms with Gasteiger partial charge in [-0.15, -0.1) is 11.8 Å². The van der Waals surface area contributed by atoms with Gasteiger partial charge in [-0.1, -0.05) is 22.0 Å². The van der Waals surface area contributed by atoms with Crippen LogP contribution in [0.1, 0.15) is 18.5 Å². The van der Waals surface area contributed by atoms with Crippen molar-refractivity contribution in [3.8, 4) is 0 Å². The molecule has 2 N–H and O–H groups in total. The molecule has 1 unspecified atom stereocenters. The molecule has 2 nitrogen and oxygen atoms in total. The van der Waals surface area contributed by atoms with Gasteiger partial charge in [-0.05, 0) is 24.6 Å². The molecular formula is C11H14BrNOS. The van der Waals surface area contributed by atoms with Gasteiger partial charge in [-0.2, -0.15) is 0 Å². The van der Waals surface area contributed by atoms with Gasteiger partial charge in [-0.25, -0.2) is 0 Å². The highest BCUT2D eigenvalue weighted by Crippen LogP contribution is 2.32. The Balaban J connectivity index is 2.10. The first-order valence-corrected chi connectivity index (χ1v) is 6.63. The first kappa shape index (κ1) is 11.5. The van der Waals surface area contributed by atoms with E-state index in [9.17, 15) is 0 Å². The first-order valence-electron chi connectivity index (χ1n) is 4.96. The monoisotopic (exact) mass is 287 g/mol. The van der Waals surface area contributed by atoms with Crippen LogP contribution < -0.4 is 5.73 Å². The molecule has 0 radical (unpaired) electrons. The Morgan fingerprint density at radius 2 is 2.27 bits per heavy atom. The highest BCUT2D eigenvalue weighted by molar-refractivity contribution is 9.10. The van der Waals surface area contributed by atoms with E-state index < -0.39 is 0 Å². The molecule has 1 aliphatic rings. The number of nitrogens with two attached hydrogens (primary N) is 1. The average molecular weight is 288 g/mol. The van der Waals surface area contributed by atoms with Crippen molar-refractivity contribution in [2.75, 3.05) is 13.2 Å². The molecule has 2 rings (SSSR count). The molecular weight excluding hydrogens is 274 g/mol. The molecule has 82 valence electrons. The van der Waals surface area contributed by atoms with E-state index in [0.29, 0.717) is 5.25 Å². The number of thioether (sulfide) groups is 1. The first-order chi connectivity index (χ1) is 7.16. The van der Waals surface area contributed by atoms with E-state index in [0.717, 1.165) is 23.2 Å². The fraction of sp³-hybridized carbons (Fsp3) is 0.455. The summed E-state index contributed by atoms with van der Waals surface area (Å²) in [6.07, 6.45) is 0. The number of rotatable bonds is 3. The largest absolute Gasteiger partial charge is 0.379 e. The van der Waals surface area contributed by atoms with Crippen LogP contribution in [0, 0.1) is 0 Å². The predicted octanol–water partition coefficient (Wildman–Crippen LogP) is 2.96. The van der Waals surface area contributed by atoms with Gasteiger partial charge in [0.05, 0.1) is 18.5 Å². The molecule has 1 aromatic carbocycles. The molecule has 1 saturated heterocycles. The van der Waals surface area contributed by atoms with Gasteiger partial charge in [0, 0.05) is 15.4 Å². The Morgan fingerprint density at radius 1 is 1.53 bits per heavy atom. The number of halogens is 1. The summed E-state index contributed by atoms with van der Waals surface area (Å²) in [4.78, 5) is 1.28. The molecule has 1 aromatic rings. The SMILES string of the molecule is CC(N)c1ccc(SC2COC2)cc1Br. The van der Waals surface area contributed by atoms with Gasteiger partial charge in [0.2, 0.25) is 0 Å². The van der Waals surface area contributed by atoms with E-state index in [1.165, 1.54) is 4.90 Å². The number of ether oxygens (including phenoxy) is 1. The zero-order valence-electron chi connectivity index (χ0n) is 8.57. The summed E-state index contributed by atoms with van der Waals surface area (Å²) in [5, 5.41) is 0.623. The molecule has 1 atom stereocenters. The summed E-state index contributed by atoms with van der Waals surface area (Å²) in [6.45, 7) is 3.74. The van der Waals surface area contributed by atoms with Gasteiger partial charge in [0.15, 0.2) is 0 Å². The Labute approximate surface area is 103 Å². The van der Waals surface area contributed by atoms with Crippen molar-refractivity contribution < 1.29 is 4.74 Å². The van der Waals surface area contributed by atoms with Gasteiger partial charge in [-0.3, -0.25) is 0 Å². The molecule has 1 heterocycles. The van der Waals surface area contributed by atoms with Gasteiger partial charge in [0.1, 0.15) is 0 Å². The second-order valence-electron chi connectivity index (χ2n) is 3.75. The summed E-state index contributed by atoms with van der Waals surface area (Å²) >= 11 is 5.42. The normalized spacial score (nSPS) is 18.6. The smallest absolute Gasteiger partial charge is 0.0611 e. The van der Waals surface area contributed by atoms with Crippen LogP contribution in [0.5, 0.6) is 0 Å². The van der Waals surface area contributed by atoms with Crippen LogP contribution in [-0.4, -0.2) is 18.5 Å². The van der Waals surface area contributed by atoms with Gasteiger partial charge >= 0.3 is 0 Å². The Hall–Kier alpha value is -0.0300. The van der Waals surface area contributed by atoms with Gasteiger partial charge < -0.3 is 10.5 Å². The van der Waals surface area contributed by atoms with E-state index in [1.54, 1.807) is 0 Å². The maximum Gasteiger partial charge on any atom is 0.0611 e. The van der Waals surface area contributed by atoms with E-state index in [2.05, 4.69) is 34.1 Å². The molecule has 0 bridgehead atoms. The minimum Gasteiger partial charge on any atom is -0.379 e. The number of benzene rings is 1. The van der Waals surface area contributed by atoms with Crippen LogP contribution in [0.25, 0.3) is 0 Å². The van der Waals surface area contributed by atoms with E-state index in [1.807, 2.05) is 18.7 Å². The van der Waals surface area contributed by atoms with Crippen molar-refractivity contribution in [1.82, 2.24) is 0 Å². The zero-order valence-corrected chi connectivity index (χ0v) is 11.0. The lowest BCUT2D eigenvalue weighted by molar-refractivity contribution is 0.0455. The Bertz CT molecular complexity index is 352. The maximum absolute atomic E-state index is 5.85. The van der Waals surface area contributed by atoms with Crippen LogP contribution in [0.4, 0.5) is 0 Å². The van der Waals surface area contributed by atoms with Gasteiger partial charge in [0.25, 0.3) is 0 Å². The van der Waals surface area contributed by atoms with Crippen LogP contribution >= 0.6 is 27.7 Å². The third-order valence-corrected chi connectivity index (χ3v) is 4.19. The quantitative estimate of drug-likeness (QED) is 0.928. The fourth-order valence-electron chi connectivity index (χ4n) is 1.43. The lowest BCUT2D eigenvalue weighted by Gasteiger charge is -2.25. The third-order valence-electron chi connectivity index (χ3n) is 2.37. The van der Waals surface area contributed by atoms with Crippen molar-refractivity contribution in [2.24, 2.45) is 5.73 Å². The van der Waals surface area contributed by atoms with Crippen LogP contribution in [-0.2, 0) is 4.74 Å². The fourth-order valence-corrected chi connectivity index (χ4v) is 3.36. The number of hydrogen-bond acceptors (Lipinski definition) is 3. The van der Waals surface area contributed by atoms with Crippen molar-refractivity contribution in [2.45, 2.75) is 23.1 Å². The molecule has 0 aromatic heterocycles. The summed E-state index contributed by atoms with van der Waals surface area (Å²) in [6, 6.07) is 6.44. The average Bonchev–Trinajstić information content (AvgIpc) is 2.11. The van der Waals surface area contributed by atoms with Crippen molar-refractivity contribution in [3.05, 3.63) is 28.2 Å². The van der Waals surface area contributed by atoms with Crippen molar-refractivity contribution in [3.63, 3.8) is 0 Å². The Kier molecular flexibility index (Phi) is 3.72. The summed E-state index contributed by atoms with van der Waals surface area (Å²) in [7, 11) is 0. The molecule has 4 heteroatoms. The molecule has 1 aliphatic heterocycles. The summed E-state index contributed by atoms with van der Waals surface area (Å²) in [5.74, 6) is 0. The third kappa shape index (κ3) is 2.75. The minimum atomic E-state index is 0.0745. The molecule has 0 spiro atoms. The second kappa shape index (κ2) is 4.87. The second-order valence-corrected chi connectivity index (χ2v) is 5.98. The molecule has 0 saturated carbocycles. The minimum absolute atomic E-state index is 0.0745. The molecule has 1 fully saturated rings. The van der Waals surface area contributed by atoms with Crippen LogP contribution in [0.15, 0.2) is 27.6 Å². The molecule has 0 aliphatic carbocycles. The topological polar surface area (TPSA) is 35.2 Å². The lowest BCUT2D eigenvalue weighted by atomic mass is 10.1. The van der Waals surface area contributed by atoms with E-state index >= 15 is 0 Å². The van der Waals surface area contributed by atoms with Crippen molar-refractivity contribution >= 4 is 27.7 Å². The van der Waals surface area contributed by atoms with E-state index in [-0.39, 0.29) is 6.04 Å². The predicted molar refractivity (Wildman–Crippen MR) is 67.2 cm³/mol. The highest BCUT2D eigenvalue weighted by Gasteiger charge is 2.19. The Morgan fingerprint density at radius 3 is 2.73 bits per heavy atom. The van der Waals surface area contributed by atoms with Crippen molar-refractivity contribution in [1.29, 1.82) is 0 Å². The standard InChI is InChI=1S/C11H14BrNOS/c1-7(13)10-3-2-8(4-11(10)12)15-9-5-14-6-9/h2-4,7,9H,5-6,13H2,1H3. The summed E-state index contributed by atoms with van der Waals surface area (Å²) < 4.78 is 6.25. The van der Waals surface area contributed by atoms with Crippen LogP contribution in [0.2, 0.25) is 0 Å². The van der Waals surface area contributed by atoms with E-state index in [4.69, 9.17) is 10.5 Å². The lowest BCUT2D eigenvalue weighted by Crippen LogP contribution is -2.30. The summed E-state index contributed by atoms with van der Waals surface area (Å²) in [5.41, 5.74) is 7.00. The molecule has 15 heavy (non-hydrogen) atoms.